The summed E-state index contributed by atoms with van der Waals surface area (Å²) in [6.45, 7) is 1.85. The van der Waals surface area contributed by atoms with Gasteiger partial charge in [-0.25, -0.2) is 0 Å². The Labute approximate surface area is 128 Å². The normalized spacial score (nSPS) is 13.0. The number of ether oxygens (including phenoxy) is 1. The smallest absolute Gasteiger partial charge is 0.405 e. The molecule has 0 bridgehead atoms. The van der Waals surface area contributed by atoms with Crippen LogP contribution in [0.2, 0.25) is 0 Å². The van der Waals surface area contributed by atoms with E-state index in [0.717, 1.165) is 15.6 Å². The first-order valence-electron chi connectivity index (χ1n) is 6.15. The van der Waals surface area contributed by atoms with Crippen LogP contribution in [0.5, 0.6) is 5.75 Å². The molecular formula is C15H13BrF3NO. The van der Waals surface area contributed by atoms with Crippen LogP contribution in [0.3, 0.4) is 0 Å². The van der Waals surface area contributed by atoms with Gasteiger partial charge in [-0.2, -0.15) is 0 Å². The highest BCUT2D eigenvalue weighted by molar-refractivity contribution is 9.10. The van der Waals surface area contributed by atoms with Gasteiger partial charge in [-0.15, -0.1) is 13.2 Å². The zero-order chi connectivity index (χ0) is 15.6. The van der Waals surface area contributed by atoms with E-state index >= 15 is 0 Å². The van der Waals surface area contributed by atoms with Gasteiger partial charge in [0.1, 0.15) is 5.75 Å². The lowest BCUT2D eigenvalue weighted by Gasteiger charge is -2.20. The van der Waals surface area contributed by atoms with E-state index in [2.05, 4.69) is 20.7 Å². The molecule has 0 aliphatic heterocycles. The molecule has 0 aliphatic rings. The van der Waals surface area contributed by atoms with E-state index in [0.29, 0.717) is 0 Å². The number of halogens is 4. The molecule has 2 nitrogen and oxygen atoms in total. The summed E-state index contributed by atoms with van der Waals surface area (Å²) in [6, 6.07) is 10.6. The summed E-state index contributed by atoms with van der Waals surface area (Å²) in [5.41, 5.74) is 8.05. The van der Waals surface area contributed by atoms with Crippen molar-refractivity contribution in [3.63, 3.8) is 0 Å². The molecule has 0 radical (unpaired) electrons. The second-order valence-electron chi connectivity index (χ2n) is 4.52. The molecule has 2 N–H and O–H groups in total. The van der Waals surface area contributed by atoms with Gasteiger partial charge in [-0.05, 0) is 30.2 Å². The van der Waals surface area contributed by atoms with Gasteiger partial charge in [-0.1, -0.05) is 46.3 Å². The van der Waals surface area contributed by atoms with Crippen LogP contribution in [0.25, 0.3) is 0 Å². The molecule has 21 heavy (non-hydrogen) atoms. The minimum atomic E-state index is -4.75. The minimum absolute atomic E-state index is 0.281. The minimum Gasteiger partial charge on any atom is -0.405 e. The third-order valence-corrected chi connectivity index (χ3v) is 3.98. The fourth-order valence-electron chi connectivity index (χ4n) is 2.08. The van der Waals surface area contributed by atoms with Crippen LogP contribution in [0.4, 0.5) is 13.2 Å². The van der Waals surface area contributed by atoms with Gasteiger partial charge in [0, 0.05) is 10.0 Å². The number of alkyl halides is 3. The van der Waals surface area contributed by atoms with Crippen molar-refractivity contribution in [1.29, 1.82) is 0 Å². The number of hydrogen-bond acceptors (Lipinski definition) is 2. The molecule has 112 valence electrons. The van der Waals surface area contributed by atoms with Crippen LogP contribution in [-0.2, 0) is 0 Å². The topological polar surface area (TPSA) is 35.2 Å². The van der Waals surface area contributed by atoms with Crippen molar-refractivity contribution in [3.8, 4) is 5.75 Å². The molecule has 0 spiro atoms. The van der Waals surface area contributed by atoms with E-state index in [1.54, 1.807) is 18.2 Å². The van der Waals surface area contributed by atoms with Crippen molar-refractivity contribution in [2.75, 3.05) is 0 Å². The van der Waals surface area contributed by atoms with Gasteiger partial charge in [0.2, 0.25) is 0 Å². The first-order valence-corrected chi connectivity index (χ1v) is 6.94. The van der Waals surface area contributed by atoms with Crippen molar-refractivity contribution >= 4 is 15.9 Å². The highest BCUT2D eigenvalue weighted by Gasteiger charge is 2.32. The SMILES string of the molecule is Cc1c(Br)cccc1C(N)c1ccccc1OC(F)(F)F. The summed E-state index contributed by atoms with van der Waals surface area (Å²) in [4.78, 5) is 0. The fourth-order valence-corrected chi connectivity index (χ4v) is 2.47. The van der Waals surface area contributed by atoms with E-state index in [9.17, 15) is 13.2 Å². The van der Waals surface area contributed by atoms with Crippen molar-refractivity contribution in [2.24, 2.45) is 5.73 Å². The zero-order valence-electron chi connectivity index (χ0n) is 11.1. The van der Waals surface area contributed by atoms with Crippen LogP contribution in [0.1, 0.15) is 22.7 Å². The Balaban J connectivity index is 2.44. The number of rotatable bonds is 3. The van der Waals surface area contributed by atoms with Crippen molar-refractivity contribution < 1.29 is 17.9 Å². The Bertz CT molecular complexity index is 643. The van der Waals surface area contributed by atoms with Gasteiger partial charge in [-0.3, -0.25) is 0 Å². The maximum Gasteiger partial charge on any atom is 0.573 e. The zero-order valence-corrected chi connectivity index (χ0v) is 12.7. The van der Waals surface area contributed by atoms with E-state index < -0.39 is 12.4 Å². The molecule has 1 atom stereocenters. The average molecular weight is 360 g/mol. The van der Waals surface area contributed by atoms with E-state index in [-0.39, 0.29) is 11.3 Å². The summed E-state index contributed by atoms with van der Waals surface area (Å²) in [5, 5.41) is 0. The molecule has 0 amide bonds. The summed E-state index contributed by atoms with van der Waals surface area (Å²) in [5.74, 6) is -0.281. The van der Waals surface area contributed by atoms with E-state index in [4.69, 9.17) is 5.73 Å². The lowest BCUT2D eigenvalue weighted by Crippen LogP contribution is -2.21. The number of hydrogen-bond donors (Lipinski definition) is 1. The Kier molecular flexibility index (Phi) is 4.58. The van der Waals surface area contributed by atoms with Crippen molar-refractivity contribution in [1.82, 2.24) is 0 Å². The number of benzene rings is 2. The molecule has 1 unspecified atom stereocenters. The first-order chi connectivity index (χ1) is 9.79. The van der Waals surface area contributed by atoms with Crippen LogP contribution in [0, 0.1) is 6.92 Å². The highest BCUT2D eigenvalue weighted by Crippen LogP contribution is 2.34. The average Bonchev–Trinajstić information content (AvgIpc) is 2.40. The maximum absolute atomic E-state index is 12.5. The first kappa shape index (κ1) is 15.9. The number of nitrogens with two attached hydrogens (primary N) is 1. The molecule has 0 aliphatic carbocycles. The monoisotopic (exact) mass is 359 g/mol. The standard InChI is InChI=1S/C15H13BrF3NO/c1-9-10(6-4-7-12(9)16)14(20)11-5-2-3-8-13(11)21-15(17,18)19/h2-8,14H,20H2,1H3. The van der Waals surface area contributed by atoms with Crippen LogP contribution in [-0.4, -0.2) is 6.36 Å². The largest absolute Gasteiger partial charge is 0.573 e. The molecule has 2 aromatic carbocycles. The lowest BCUT2D eigenvalue weighted by atomic mass is 9.95. The van der Waals surface area contributed by atoms with Gasteiger partial charge in [0.05, 0.1) is 6.04 Å². The predicted octanol–water partition coefficient (Wildman–Crippen LogP) is 4.70. The quantitative estimate of drug-likeness (QED) is 0.861. The Hall–Kier alpha value is -1.53. The molecule has 0 aromatic heterocycles. The lowest BCUT2D eigenvalue weighted by molar-refractivity contribution is -0.274. The van der Waals surface area contributed by atoms with Gasteiger partial charge in [0.15, 0.2) is 0 Å². The molecule has 0 saturated heterocycles. The van der Waals surface area contributed by atoms with E-state index in [1.807, 2.05) is 13.0 Å². The summed E-state index contributed by atoms with van der Waals surface area (Å²) < 4.78 is 42.3. The summed E-state index contributed by atoms with van der Waals surface area (Å²) in [7, 11) is 0. The van der Waals surface area contributed by atoms with Crippen molar-refractivity contribution in [3.05, 3.63) is 63.6 Å². The van der Waals surface area contributed by atoms with Gasteiger partial charge < -0.3 is 10.5 Å². The number of para-hydroxylation sites is 1. The predicted molar refractivity (Wildman–Crippen MR) is 78.0 cm³/mol. The van der Waals surface area contributed by atoms with Crippen LogP contribution >= 0.6 is 15.9 Å². The van der Waals surface area contributed by atoms with Gasteiger partial charge >= 0.3 is 6.36 Å². The molecular weight excluding hydrogens is 347 g/mol. The van der Waals surface area contributed by atoms with Crippen LogP contribution in [0.15, 0.2) is 46.9 Å². The Morgan fingerprint density at radius 1 is 1.05 bits per heavy atom. The molecule has 2 aromatic rings. The molecule has 6 heteroatoms. The van der Waals surface area contributed by atoms with Crippen LogP contribution < -0.4 is 10.5 Å². The summed E-state index contributed by atoms with van der Waals surface area (Å²) in [6.07, 6.45) is -4.75. The maximum atomic E-state index is 12.5. The third kappa shape index (κ3) is 3.77. The molecule has 0 heterocycles. The molecule has 0 fully saturated rings. The van der Waals surface area contributed by atoms with Gasteiger partial charge in [0.25, 0.3) is 0 Å². The Morgan fingerprint density at radius 3 is 2.33 bits per heavy atom. The summed E-state index contributed by atoms with van der Waals surface area (Å²) >= 11 is 3.39. The second-order valence-corrected chi connectivity index (χ2v) is 5.37. The fraction of sp³-hybridized carbons (Fsp3) is 0.200. The van der Waals surface area contributed by atoms with Crippen molar-refractivity contribution in [2.45, 2.75) is 19.3 Å². The highest BCUT2D eigenvalue weighted by atomic mass is 79.9. The second kappa shape index (κ2) is 6.07. The Morgan fingerprint density at radius 2 is 1.67 bits per heavy atom. The third-order valence-electron chi connectivity index (χ3n) is 3.12. The molecule has 0 saturated carbocycles. The molecule has 2 rings (SSSR count). The van der Waals surface area contributed by atoms with E-state index in [1.165, 1.54) is 18.2 Å².